The van der Waals surface area contributed by atoms with Crippen molar-refractivity contribution in [3.63, 3.8) is 0 Å². The molecule has 10 heteroatoms. The molecule has 0 fully saturated rings. The highest BCUT2D eigenvalue weighted by molar-refractivity contribution is 5.99. The number of hydrogen-bond acceptors (Lipinski definition) is 3. The molecule has 0 saturated carbocycles. The van der Waals surface area contributed by atoms with Crippen LogP contribution in [0.1, 0.15) is 16.8 Å². The third-order valence-electron chi connectivity index (χ3n) is 2.49. The van der Waals surface area contributed by atoms with Gasteiger partial charge in [-0.1, -0.05) is 0 Å². The van der Waals surface area contributed by atoms with Gasteiger partial charge in [0.25, 0.3) is 0 Å². The molecule has 0 aromatic heterocycles. The lowest BCUT2D eigenvalue weighted by atomic mass is 10.0. The number of Topliss-reactive ketones (excluding diaryl/α,β-unsaturated/α-hetero) is 1. The summed E-state index contributed by atoms with van der Waals surface area (Å²) in [6.07, 6.45) is -6.37. The fourth-order valence-electron chi connectivity index (χ4n) is 1.41. The van der Waals surface area contributed by atoms with E-state index in [0.717, 1.165) is 11.4 Å². The van der Waals surface area contributed by atoms with Crippen molar-refractivity contribution >= 4 is 17.7 Å². The van der Waals surface area contributed by atoms with Crippen LogP contribution in [-0.4, -0.2) is 35.0 Å². The van der Waals surface area contributed by atoms with Gasteiger partial charge in [0, 0.05) is 12.0 Å². The number of ketones is 1. The minimum Gasteiger partial charge on any atom is -0.480 e. The minimum absolute atomic E-state index is 0.439. The molecule has 0 radical (unpaired) electrons. The van der Waals surface area contributed by atoms with Crippen LogP contribution in [0, 0.1) is 11.6 Å². The summed E-state index contributed by atoms with van der Waals surface area (Å²) in [6, 6.07) is -0.241. The van der Waals surface area contributed by atoms with Gasteiger partial charge in [0.15, 0.2) is 17.4 Å². The molecular formula is C12H8F5NO4. The van der Waals surface area contributed by atoms with Crippen molar-refractivity contribution in [2.24, 2.45) is 0 Å². The smallest absolute Gasteiger partial charge is 0.471 e. The van der Waals surface area contributed by atoms with Crippen molar-refractivity contribution < 1.29 is 41.4 Å². The van der Waals surface area contributed by atoms with E-state index in [9.17, 15) is 36.3 Å². The first-order chi connectivity index (χ1) is 10.0. The van der Waals surface area contributed by atoms with Crippen molar-refractivity contribution in [3.05, 3.63) is 35.4 Å². The number of carboxylic acid groups (broad SMARTS) is 1. The Bertz CT molecular complexity index is 614. The molecule has 0 saturated heterocycles. The van der Waals surface area contributed by atoms with Gasteiger partial charge in [-0.25, -0.2) is 13.6 Å². The van der Waals surface area contributed by atoms with Crippen LogP contribution in [0.15, 0.2) is 18.2 Å². The van der Waals surface area contributed by atoms with Gasteiger partial charge < -0.3 is 10.4 Å². The number of benzene rings is 1. The van der Waals surface area contributed by atoms with Gasteiger partial charge in [0.05, 0.1) is 0 Å². The number of aliphatic carboxylic acids is 1. The molecule has 1 aromatic rings. The Morgan fingerprint density at radius 3 is 2.18 bits per heavy atom. The summed E-state index contributed by atoms with van der Waals surface area (Å²) < 4.78 is 61.8. The Kier molecular flexibility index (Phi) is 5.18. The second-order valence-corrected chi connectivity index (χ2v) is 4.12. The van der Waals surface area contributed by atoms with E-state index in [1.807, 2.05) is 0 Å². The number of hydrogen-bond donors (Lipinski definition) is 2. The van der Waals surface area contributed by atoms with Crippen LogP contribution in [-0.2, 0) is 9.59 Å². The number of carbonyl (C=O) groups is 3. The van der Waals surface area contributed by atoms with E-state index in [1.54, 1.807) is 0 Å². The second kappa shape index (κ2) is 6.50. The number of carboxylic acids is 1. The van der Waals surface area contributed by atoms with Crippen molar-refractivity contribution in [3.8, 4) is 0 Å². The lowest BCUT2D eigenvalue weighted by Gasteiger charge is -2.15. The Hall–Kier alpha value is -2.52. The predicted molar refractivity (Wildman–Crippen MR) is 60.9 cm³/mol. The third kappa shape index (κ3) is 4.50. The molecule has 0 bridgehead atoms. The summed E-state index contributed by atoms with van der Waals surface area (Å²) in [6.45, 7) is 0. The number of amides is 1. The largest absolute Gasteiger partial charge is 0.480 e. The molecular weight excluding hydrogens is 317 g/mol. The first-order valence-corrected chi connectivity index (χ1v) is 5.61. The van der Waals surface area contributed by atoms with Gasteiger partial charge in [-0.05, 0) is 18.2 Å². The molecule has 22 heavy (non-hydrogen) atoms. The summed E-state index contributed by atoms with van der Waals surface area (Å²) in [5.41, 5.74) is -0.439. The van der Waals surface area contributed by atoms with Crippen LogP contribution in [0.25, 0.3) is 0 Å². The molecule has 1 rings (SSSR count). The van der Waals surface area contributed by atoms with Crippen LogP contribution in [0.3, 0.4) is 0 Å². The summed E-state index contributed by atoms with van der Waals surface area (Å²) in [5, 5.41) is 9.84. The average molecular weight is 325 g/mol. The summed E-state index contributed by atoms with van der Waals surface area (Å²) in [5.74, 6) is -8.12. The zero-order valence-electron chi connectivity index (χ0n) is 10.6. The van der Waals surface area contributed by atoms with Crippen LogP contribution in [0.4, 0.5) is 22.0 Å². The fraction of sp³-hybridized carbons (Fsp3) is 0.250. The average Bonchev–Trinajstić information content (AvgIpc) is 2.39. The lowest BCUT2D eigenvalue weighted by Crippen LogP contribution is -2.47. The number of rotatable bonds is 5. The second-order valence-electron chi connectivity index (χ2n) is 4.12. The highest BCUT2D eigenvalue weighted by Crippen LogP contribution is 2.16. The van der Waals surface area contributed by atoms with Gasteiger partial charge in [0.1, 0.15) is 6.04 Å². The van der Waals surface area contributed by atoms with Crippen molar-refractivity contribution in [2.45, 2.75) is 18.6 Å². The van der Waals surface area contributed by atoms with Gasteiger partial charge in [0.2, 0.25) is 0 Å². The van der Waals surface area contributed by atoms with Crippen molar-refractivity contribution in [1.82, 2.24) is 5.32 Å². The van der Waals surface area contributed by atoms with E-state index >= 15 is 0 Å². The molecule has 1 atom stereocenters. The maximum atomic E-state index is 12.9. The normalized spacial score (nSPS) is 12.6. The van der Waals surface area contributed by atoms with Gasteiger partial charge in [-0.2, -0.15) is 13.2 Å². The molecule has 1 amide bonds. The summed E-state index contributed by atoms with van der Waals surface area (Å²) in [7, 11) is 0. The minimum atomic E-state index is -5.32. The van der Waals surface area contributed by atoms with Crippen molar-refractivity contribution in [2.75, 3.05) is 0 Å². The maximum absolute atomic E-state index is 12.9. The van der Waals surface area contributed by atoms with Crippen LogP contribution in [0.5, 0.6) is 0 Å². The first-order valence-electron chi connectivity index (χ1n) is 5.61. The summed E-state index contributed by atoms with van der Waals surface area (Å²) >= 11 is 0. The van der Waals surface area contributed by atoms with Gasteiger partial charge in [-0.3, -0.25) is 9.59 Å². The molecule has 0 aliphatic heterocycles. The van der Waals surface area contributed by atoms with E-state index in [-0.39, 0.29) is 0 Å². The Morgan fingerprint density at radius 2 is 1.73 bits per heavy atom. The number of halogens is 5. The monoisotopic (exact) mass is 325 g/mol. The van der Waals surface area contributed by atoms with Gasteiger partial charge in [-0.15, -0.1) is 0 Å². The maximum Gasteiger partial charge on any atom is 0.471 e. The molecule has 0 heterocycles. The van der Waals surface area contributed by atoms with E-state index in [2.05, 4.69) is 0 Å². The first kappa shape index (κ1) is 17.5. The number of nitrogens with one attached hydrogen (secondary N) is 1. The van der Waals surface area contributed by atoms with Crippen LogP contribution >= 0.6 is 0 Å². The standard InChI is InChI=1S/C12H8F5NO4/c13-6-2-1-5(3-7(6)14)9(19)4-8(10(20)21)18-11(22)12(15,16)17/h1-3,8H,4H2,(H,18,22)(H,20,21)/t8-/m0/s1. The third-order valence-corrected chi connectivity index (χ3v) is 2.49. The zero-order chi connectivity index (χ0) is 17.1. The van der Waals surface area contributed by atoms with E-state index in [4.69, 9.17) is 5.11 Å². The Labute approximate surface area is 119 Å². The van der Waals surface area contributed by atoms with E-state index in [0.29, 0.717) is 12.1 Å². The fourth-order valence-corrected chi connectivity index (χ4v) is 1.41. The number of alkyl halides is 3. The van der Waals surface area contributed by atoms with Gasteiger partial charge >= 0.3 is 18.1 Å². The molecule has 1 aromatic carbocycles. The molecule has 2 N–H and O–H groups in total. The SMILES string of the molecule is O=C(C[C@H](NC(=O)C(F)(F)F)C(=O)O)c1ccc(F)c(F)c1. The molecule has 0 aliphatic rings. The predicted octanol–water partition coefficient (Wildman–Crippen LogP) is 1.67. The topological polar surface area (TPSA) is 83.5 Å². The zero-order valence-corrected chi connectivity index (χ0v) is 10.6. The molecule has 120 valence electrons. The molecule has 5 nitrogen and oxygen atoms in total. The lowest BCUT2D eigenvalue weighted by molar-refractivity contribution is -0.175. The highest BCUT2D eigenvalue weighted by atomic mass is 19.4. The van der Waals surface area contributed by atoms with Crippen molar-refractivity contribution in [1.29, 1.82) is 0 Å². The van der Waals surface area contributed by atoms with E-state index in [1.165, 1.54) is 0 Å². The van der Waals surface area contributed by atoms with E-state index < -0.39 is 53.5 Å². The Balaban J connectivity index is 2.87. The number of carbonyl (C=O) groups excluding carboxylic acids is 2. The highest BCUT2D eigenvalue weighted by Gasteiger charge is 2.41. The molecule has 0 spiro atoms. The quantitative estimate of drug-likeness (QED) is 0.637. The van der Waals surface area contributed by atoms with Crippen LogP contribution in [0.2, 0.25) is 0 Å². The molecule has 0 unspecified atom stereocenters. The molecule has 0 aliphatic carbocycles. The summed E-state index contributed by atoms with van der Waals surface area (Å²) in [4.78, 5) is 33.1. The van der Waals surface area contributed by atoms with Crippen LogP contribution < -0.4 is 5.32 Å². The Morgan fingerprint density at radius 1 is 1.14 bits per heavy atom.